The van der Waals surface area contributed by atoms with E-state index in [0.29, 0.717) is 12.6 Å². The van der Waals surface area contributed by atoms with Gasteiger partial charge in [-0.3, -0.25) is 0 Å². The Labute approximate surface area is 119 Å². The van der Waals surface area contributed by atoms with Crippen LogP contribution in [0.2, 0.25) is 0 Å². The van der Waals surface area contributed by atoms with E-state index in [2.05, 4.69) is 11.9 Å². The van der Waals surface area contributed by atoms with Gasteiger partial charge in [-0.25, -0.2) is 4.98 Å². The molecule has 0 amide bonds. The second-order valence-electron chi connectivity index (χ2n) is 4.79. The lowest BCUT2D eigenvalue weighted by atomic mass is 10.2. The van der Waals surface area contributed by atoms with Gasteiger partial charge in [-0.05, 0) is 31.4 Å². The smallest absolute Gasteiger partial charge is 0.201 e. The molecule has 20 heavy (non-hydrogen) atoms. The number of ether oxygens (including phenoxy) is 2. The number of hydrogen-bond donors (Lipinski definition) is 1. The fourth-order valence-electron chi connectivity index (χ4n) is 2.22. The molecule has 0 saturated carbocycles. The second kappa shape index (κ2) is 7.14. The van der Waals surface area contributed by atoms with E-state index in [4.69, 9.17) is 15.2 Å². The van der Waals surface area contributed by atoms with E-state index in [9.17, 15) is 0 Å². The first-order valence-corrected chi connectivity index (χ1v) is 7.14. The van der Waals surface area contributed by atoms with Crippen molar-refractivity contribution >= 4 is 17.0 Å². The summed E-state index contributed by atoms with van der Waals surface area (Å²) >= 11 is 0. The van der Waals surface area contributed by atoms with Gasteiger partial charge in [0.25, 0.3) is 0 Å². The Hall–Kier alpha value is -1.75. The predicted octanol–water partition coefficient (Wildman–Crippen LogP) is 2.83. The molecule has 5 nitrogen and oxygen atoms in total. The highest BCUT2D eigenvalue weighted by atomic mass is 16.5. The molecule has 0 aliphatic rings. The number of nitrogens with two attached hydrogens (primary N) is 1. The van der Waals surface area contributed by atoms with Crippen LogP contribution in [0.4, 0.5) is 5.95 Å². The molecular weight excluding hydrogens is 254 g/mol. The number of imidazole rings is 1. The molecule has 1 aromatic carbocycles. The Balaban J connectivity index is 2.20. The molecule has 0 saturated heterocycles. The van der Waals surface area contributed by atoms with Crippen molar-refractivity contribution in [1.82, 2.24) is 9.55 Å². The number of rotatable bonds is 8. The molecule has 0 radical (unpaired) electrons. The van der Waals surface area contributed by atoms with Gasteiger partial charge in [0.2, 0.25) is 5.95 Å². The molecule has 0 aliphatic heterocycles. The lowest BCUT2D eigenvalue weighted by Crippen LogP contribution is -2.04. The molecule has 2 rings (SSSR count). The summed E-state index contributed by atoms with van der Waals surface area (Å²) in [6.45, 7) is 4.41. The van der Waals surface area contributed by atoms with Crippen molar-refractivity contribution in [2.75, 3.05) is 26.1 Å². The molecule has 1 heterocycles. The minimum absolute atomic E-state index is 0.546. The van der Waals surface area contributed by atoms with Gasteiger partial charge >= 0.3 is 0 Å². The van der Waals surface area contributed by atoms with E-state index in [1.807, 2.05) is 22.8 Å². The summed E-state index contributed by atoms with van der Waals surface area (Å²) in [5, 5.41) is 0. The zero-order chi connectivity index (χ0) is 14.4. The molecular formula is C15H23N3O2. The zero-order valence-electron chi connectivity index (χ0n) is 12.3. The van der Waals surface area contributed by atoms with Crippen molar-refractivity contribution in [2.45, 2.75) is 32.7 Å². The van der Waals surface area contributed by atoms with Crippen LogP contribution in [0.25, 0.3) is 11.0 Å². The quantitative estimate of drug-likeness (QED) is 0.754. The number of nitrogen functional groups attached to an aromatic ring is 1. The number of hydrogen-bond acceptors (Lipinski definition) is 4. The number of nitrogens with zero attached hydrogens (tertiary/aromatic N) is 2. The van der Waals surface area contributed by atoms with Crippen LogP contribution in [-0.4, -0.2) is 29.9 Å². The van der Waals surface area contributed by atoms with E-state index in [0.717, 1.165) is 49.2 Å². The van der Waals surface area contributed by atoms with Crippen molar-refractivity contribution < 1.29 is 9.47 Å². The van der Waals surface area contributed by atoms with Gasteiger partial charge in [0.15, 0.2) is 0 Å². The highest BCUT2D eigenvalue weighted by Gasteiger charge is 2.11. The molecule has 1 aromatic heterocycles. The van der Waals surface area contributed by atoms with Crippen molar-refractivity contribution in [1.29, 1.82) is 0 Å². The largest absolute Gasteiger partial charge is 0.491 e. The molecule has 0 atom stereocenters. The van der Waals surface area contributed by atoms with Gasteiger partial charge in [-0.1, -0.05) is 13.0 Å². The van der Waals surface area contributed by atoms with Crippen LogP contribution in [-0.2, 0) is 11.3 Å². The van der Waals surface area contributed by atoms with E-state index >= 15 is 0 Å². The topological polar surface area (TPSA) is 62.3 Å². The average Bonchev–Trinajstić information content (AvgIpc) is 2.78. The summed E-state index contributed by atoms with van der Waals surface area (Å²) < 4.78 is 12.8. The lowest BCUT2D eigenvalue weighted by Gasteiger charge is -2.07. The molecule has 2 aromatic rings. The molecule has 0 fully saturated rings. The second-order valence-corrected chi connectivity index (χ2v) is 4.79. The minimum Gasteiger partial charge on any atom is -0.491 e. The SMILES string of the molecule is CCCOc1cccc2c1nc(N)n2CCCCOC. The van der Waals surface area contributed by atoms with Gasteiger partial charge < -0.3 is 19.8 Å². The standard InChI is InChI=1S/C15H23N3O2/c1-3-10-20-13-8-6-7-12-14(13)17-15(16)18(12)9-4-5-11-19-2/h6-8H,3-5,9-11H2,1-2H3,(H2,16,17). The lowest BCUT2D eigenvalue weighted by molar-refractivity contribution is 0.191. The number of anilines is 1. The zero-order valence-corrected chi connectivity index (χ0v) is 12.3. The molecule has 0 spiro atoms. The Morgan fingerprint density at radius 2 is 2.10 bits per heavy atom. The molecule has 0 unspecified atom stereocenters. The van der Waals surface area contributed by atoms with Crippen LogP contribution >= 0.6 is 0 Å². The highest BCUT2D eigenvalue weighted by Crippen LogP contribution is 2.27. The predicted molar refractivity (Wildman–Crippen MR) is 81.0 cm³/mol. The van der Waals surface area contributed by atoms with Crippen molar-refractivity contribution in [2.24, 2.45) is 0 Å². The van der Waals surface area contributed by atoms with Gasteiger partial charge in [0.05, 0.1) is 12.1 Å². The van der Waals surface area contributed by atoms with Crippen LogP contribution in [0.5, 0.6) is 5.75 Å². The van der Waals surface area contributed by atoms with E-state index < -0.39 is 0 Å². The van der Waals surface area contributed by atoms with Crippen molar-refractivity contribution in [3.8, 4) is 5.75 Å². The molecule has 110 valence electrons. The minimum atomic E-state index is 0.546. The maximum Gasteiger partial charge on any atom is 0.201 e. The third-order valence-corrected chi connectivity index (χ3v) is 3.21. The van der Waals surface area contributed by atoms with E-state index in [1.54, 1.807) is 7.11 Å². The molecule has 5 heteroatoms. The number of benzene rings is 1. The monoisotopic (exact) mass is 277 g/mol. The summed E-state index contributed by atoms with van der Waals surface area (Å²) in [6.07, 6.45) is 3.01. The maximum absolute atomic E-state index is 6.03. The average molecular weight is 277 g/mol. The fourth-order valence-corrected chi connectivity index (χ4v) is 2.22. The summed E-state index contributed by atoms with van der Waals surface area (Å²) in [4.78, 5) is 4.45. The first-order valence-electron chi connectivity index (χ1n) is 7.14. The Kier molecular flexibility index (Phi) is 5.24. The fraction of sp³-hybridized carbons (Fsp3) is 0.533. The van der Waals surface area contributed by atoms with Crippen LogP contribution in [0.15, 0.2) is 18.2 Å². The number of para-hydroxylation sites is 1. The summed E-state index contributed by atoms with van der Waals surface area (Å²) in [7, 11) is 1.72. The summed E-state index contributed by atoms with van der Waals surface area (Å²) in [5.41, 5.74) is 7.92. The van der Waals surface area contributed by atoms with Crippen LogP contribution < -0.4 is 10.5 Å². The van der Waals surface area contributed by atoms with Gasteiger partial charge in [-0.2, -0.15) is 0 Å². The first kappa shape index (κ1) is 14.7. The number of fused-ring (bicyclic) bond motifs is 1. The van der Waals surface area contributed by atoms with Crippen LogP contribution in [0, 0.1) is 0 Å². The third kappa shape index (κ3) is 3.22. The van der Waals surface area contributed by atoms with E-state index in [1.165, 1.54) is 0 Å². The van der Waals surface area contributed by atoms with Crippen molar-refractivity contribution in [3.63, 3.8) is 0 Å². The van der Waals surface area contributed by atoms with Crippen molar-refractivity contribution in [3.05, 3.63) is 18.2 Å². The van der Waals surface area contributed by atoms with Crippen LogP contribution in [0.1, 0.15) is 26.2 Å². The van der Waals surface area contributed by atoms with Gasteiger partial charge in [-0.15, -0.1) is 0 Å². The number of methoxy groups -OCH3 is 1. The van der Waals surface area contributed by atoms with Gasteiger partial charge in [0, 0.05) is 20.3 Å². The first-order chi connectivity index (χ1) is 9.77. The maximum atomic E-state index is 6.03. The third-order valence-electron chi connectivity index (χ3n) is 3.21. The Bertz CT molecular complexity index is 551. The number of unbranched alkanes of at least 4 members (excludes halogenated alkanes) is 1. The Morgan fingerprint density at radius 1 is 1.25 bits per heavy atom. The van der Waals surface area contributed by atoms with Gasteiger partial charge in [0.1, 0.15) is 11.3 Å². The Morgan fingerprint density at radius 3 is 2.85 bits per heavy atom. The summed E-state index contributed by atoms with van der Waals surface area (Å²) in [6, 6.07) is 5.97. The van der Waals surface area contributed by atoms with Crippen LogP contribution in [0.3, 0.4) is 0 Å². The highest BCUT2D eigenvalue weighted by molar-refractivity contribution is 5.84. The number of aromatic nitrogens is 2. The number of aryl methyl sites for hydroxylation is 1. The molecule has 2 N–H and O–H groups in total. The summed E-state index contributed by atoms with van der Waals surface area (Å²) in [5.74, 6) is 1.36. The molecule has 0 aliphatic carbocycles. The van der Waals surface area contributed by atoms with E-state index in [-0.39, 0.29) is 0 Å². The normalized spacial score (nSPS) is 11.1. The molecule has 0 bridgehead atoms.